The number of likely N-dealkylation sites (N-methyl/N-ethyl adjacent to an activating group) is 1. The van der Waals surface area contributed by atoms with Gasteiger partial charge in [0, 0.05) is 15.9 Å². The molecule has 0 radical (unpaired) electrons. The molecular weight excluding hydrogens is 328 g/mol. The number of nitrogens with zero attached hydrogens (tertiary/aromatic N) is 1. The molecule has 2 nitrogen and oxygen atoms in total. The zero-order valence-electron chi connectivity index (χ0n) is 8.26. The van der Waals surface area contributed by atoms with Crippen LogP contribution in [0.5, 0.6) is 0 Å². The number of thiophene rings is 1. The third-order valence-corrected chi connectivity index (χ3v) is 5.60. The summed E-state index contributed by atoms with van der Waals surface area (Å²) in [4.78, 5) is 3.56. The van der Waals surface area contributed by atoms with E-state index in [1.54, 1.807) is 11.3 Å². The average molecular weight is 342 g/mol. The smallest absolute Gasteiger partial charge is 0.0843 e. The minimum absolute atomic E-state index is 0.326. The van der Waals surface area contributed by atoms with E-state index in [0.29, 0.717) is 12.6 Å². The highest BCUT2D eigenvalue weighted by molar-refractivity contribution is 9.13. The molecule has 1 atom stereocenters. The van der Waals surface area contributed by atoms with Crippen molar-refractivity contribution in [1.82, 2.24) is 4.90 Å². The Morgan fingerprint density at radius 2 is 2.21 bits per heavy atom. The van der Waals surface area contributed by atoms with E-state index in [9.17, 15) is 0 Å². The zero-order valence-corrected chi connectivity index (χ0v) is 12.2. The molecule has 1 heterocycles. The summed E-state index contributed by atoms with van der Waals surface area (Å²) in [6.45, 7) is 3.80. The minimum Gasteiger partial charge on any atom is -0.329 e. The largest absolute Gasteiger partial charge is 0.329 e. The molecule has 2 N–H and O–H groups in total. The second kappa shape index (κ2) is 5.61. The van der Waals surface area contributed by atoms with Gasteiger partial charge in [0.1, 0.15) is 0 Å². The van der Waals surface area contributed by atoms with Gasteiger partial charge in [-0.15, -0.1) is 11.3 Å². The number of hydrogen-bond donors (Lipinski definition) is 1. The van der Waals surface area contributed by atoms with E-state index < -0.39 is 0 Å². The van der Waals surface area contributed by atoms with Crippen molar-refractivity contribution >= 4 is 43.2 Å². The highest BCUT2D eigenvalue weighted by Gasteiger charge is 2.17. The molecule has 14 heavy (non-hydrogen) atoms. The first-order chi connectivity index (χ1) is 6.60. The van der Waals surface area contributed by atoms with Crippen LogP contribution in [0, 0.1) is 0 Å². The van der Waals surface area contributed by atoms with Gasteiger partial charge in [0.15, 0.2) is 0 Å². The summed E-state index contributed by atoms with van der Waals surface area (Å²) in [7, 11) is 2.10. The van der Waals surface area contributed by atoms with Crippen LogP contribution >= 0.6 is 43.2 Å². The molecule has 0 aliphatic heterocycles. The molecule has 0 spiro atoms. The summed E-state index contributed by atoms with van der Waals surface area (Å²) >= 11 is 8.72. The van der Waals surface area contributed by atoms with Gasteiger partial charge in [-0.05, 0) is 51.5 Å². The molecule has 0 saturated heterocycles. The van der Waals surface area contributed by atoms with Gasteiger partial charge in [0.05, 0.1) is 9.83 Å². The lowest BCUT2D eigenvalue weighted by molar-refractivity contribution is 0.267. The summed E-state index contributed by atoms with van der Waals surface area (Å²) < 4.78 is 2.25. The van der Waals surface area contributed by atoms with Gasteiger partial charge in [-0.25, -0.2) is 0 Å². The van der Waals surface area contributed by atoms with Crippen LogP contribution in [0.25, 0.3) is 0 Å². The highest BCUT2D eigenvalue weighted by atomic mass is 79.9. The SMILES string of the molecule is CCN(C)C(CN)c1cc(Br)c(Br)s1. The molecule has 1 unspecified atom stereocenters. The van der Waals surface area contributed by atoms with Crippen LogP contribution in [0.1, 0.15) is 17.8 Å². The zero-order chi connectivity index (χ0) is 10.7. The quantitative estimate of drug-likeness (QED) is 0.911. The summed E-state index contributed by atoms with van der Waals surface area (Å²) in [5, 5.41) is 0. The third-order valence-electron chi connectivity index (χ3n) is 2.25. The van der Waals surface area contributed by atoms with Crippen molar-refractivity contribution in [1.29, 1.82) is 0 Å². The molecule has 5 heteroatoms. The fraction of sp³-hybridized carbons (Fsp3) is 0.556. The molecule has 0 amide bonds. The first-order valence-electron chi connectivity index (χ1n) is 4.45. The molecule has 0 saturated carbocycles. The molecule has 0 aliphatic rings. The molecule has 1 rings (SSSR count). The summed E-state index contributed by atoms with van der Waals surface area (Å²) in [6.07, 6.45) is 0. The normalized spacial score (nSPS) is 13.6. The monoisotopic (exact) mass is 340 g/mol. The van der Waals surface area contributed by atoms with E-state index in [-0.39, 0.29) is 0 Å². The number of rotatable bonds is 4. The van der Waals surface area contributed by atoms with E-state index in [0.717, 1.165) is 14.8 Å². The van der Waals surface area contributed by atoms with Gasteiger partial charge >= 0.3 is 0 Å². The van der Waals surface area contributed by atoms with Gasteiger partial charge in [0.25, 0.3) is 0 Å². The van der Waals surface area contributed by atoms with Crippen LogP contribution < -0.4 is 5.73 Å². The van der Waals surface area contributed by atoms with Crippen molar-refractivity contribution < 1.29 is 0 Å². The topological polar surface area (TPSA) is 29.3 Å². The Morgan fingerprint density at radius 3 is 2.57 bits per heavy atom. The molecule has 1 aromatic rings. The second-order valence-corrected chi connectivity index (χ2v) is 6.35. The van der Waals surface area contributed by atoms with E-state index >= 15 is 0 Å². The third kappa shape index (κ3) is 2.79. The Labute approximate surface area is 106 Å². The summed E-state index contributed by atoms with van der Waals surface area (Å²) in [6, 6.07) is 2.46. The van der Waals surface area contributed by atoms with E-state index in [2.05, 4.69) is 56.8 Å². The van der Waals surface area contributed by atoms with Crippen LogP contribution in [0.3, 0.4) is 0 Å². The van der Waals surface area contributed by atoms with Crippen LogP contribution in [-0.2, 0) is 0 Å². The van der Waals surface area contributed by atoms with Gasteiger partial charge in [-0.1, -0.05) is 6.92 Å². The predicted octanol–water partition coefficient (Wildman–Crippen LogP) is 3.22. The number of halogens is 2. The van der Waals surface area contributed by atoms with Crippen molar-refractivity contribution in [2.75, 3.05) is 20.1 Å². The predicted molar refractivity (Wildman–Crippen MR) is 69.8 cm³/mol. The molecule has 80 valence electrons. The average Bonchev–Trinajstić information content (AvgIpc) is 2.48. The fourth-order valence-electron chi connectivity index (χ4n) is 1.26. The van der Waals surface area contributed by atoms with Crippen molar-refractivity contribution in [2.45, 2.75) is 13.0 Å². The fourth-order valence-corrected chi connectivity index (χ4v) is 3.53. The first-order valence-corrected chi connectivity index (χ1v) is 6.85. The van der Waals surface area contributed by atoms with Gasteiger partial charge in [-0.3, -0.25) is 4.90 Å². The van der Waals surface area contributed by atoms with E-state index in [4.69, 9.17) is 5.73 Å². The highest BCUT2D eigenvalue weighted by Crippen LogP contribution is 2.36. The lowest BCUT2D eigenvalue weighted by atomic mass is 10.2. The molecule has 0 aromatic carbocycles. The molecule has 1 aromatic heterocycles. The molecule has 0 aliphatic carbocycles. The maximum atomic E-state index is 5.78. The molecular formula is C9H14Br2N2S. The van der Waals surface area contributed by atoms with Crippen LogP contribution in [0.2, 0.25) is 0 Å². The van der Waals surface area contributed by atoms with Crippen molar-refractivity contribution in [3.05, 3.63) is 19.2 Å². The van der Waals surface area contributed by atoms with Crippen molar-refractivity contribution in [3.63, 3.8) is 0 Å². The Hall–Kier alpha value is 0.580. The lowest BCUT2D eigenvalue weighted by Crippen LogP contribution is -2.29. The number of nitrogens with two attached hydrogens (primary N) is 1. The Balaban J connectivity index is 2.89. The Bertz CT molecular complexity index is 282. The summed E-state index contributed by atoms with van der Waals surface area (Å²) in [5.41, 5.74) is 5.78. The summed E-state index contributed by atoms with van der Waals surface area (Å²) in [5.74, 6) is 0. The van der Waals surface area contributed by atoms with E-state index in [1.165, 1.54) is 4.88 Å². The van der Waals surface area contributed by atoms with Crippen molar-refractivity contribution in [2.24, 2.45) is 5.73 Å². The van der Waals surface area contributed by atoms with E-state index in [1.807, 2.05) is 0 Å². The first kappa shape index (κ1) is 12.6. The maximum absolute atomic E-state index is 5.78. The minimum atomic E-state index is 0.326. The maximum Gasteiger partial charge on any atom is 0.0843 e. The van der Waals surface area contributed by atoms with Crippen LogP contribution in [0.15, 0.2) is 14.3 Å². The molecule has 0 bridgehead atoms. The van der Waals surface area contributed by atoms with Crippen LogP contribution in [0.4, 0.5) is 0 Å². The number of hydrogen-bond acceptors (Lipinski definition) is 3. The lowest BCUT2D eigenvalue weighted by Gasteiger charge is -2.24. The van der Waals surface area contributed by atoms with Gasteiger partial charge in [-0.2, -0.15) is 0 Å². The Kier molecular flexibility index (Phi) is 5.06. The van der Waals surface area contributed by atoms with Gasteiger partial charge < -0.3 is 5.73 Å². The Morgan fingerprint density at radius 1 is 1.57 bits per heavy atom. The second-order valence-electron chi connectivity index (χ2n) is 3.10. The van der Waals surface area contributed by atoms with Crippen LogP contribution in [-0.4, -0.2) is 25.0 Å². The van der Waals surface area contributed by atoms with Crippen molar-refractivity contribution in [3.8, 4) is 0 Å². The van der Waals surface area contributed by atoms with Gasteiger partial charge in [0.2, 0.25) is 0 Å². The standard InChI is InChI=1S/C9H14Br2N2S/c1-3-13(2)7(5-12)8-4-6(10)9(11)14-8/h4,7H,3,5,12H2,1-2H3. The molecule has 0 fully saturated rings.